The average Bonchev–Trinajstić information content (AvgIpc) is 3.13. The maximum absolute atomic E-state index is 12.2. The monoisotopic (exact) mass is 438 g/mol. The Bertz CT molecular complexity index is 1030. The summed E-state index contributed by atoms with van der Waals surface area (Å²) in [6.45, 7) is 0.676. The van der Waals surface area contributed by atoms with Crippen LogP contribution in [0.5, 0.6) is 5.75 Å². The highest BCUT2D eigenvalue weighted by Gasteiger charge is 2.21. The standard InChI is InChI=1S/C22H19BrN2O3/c23-17-5-3-16-13-20(10-4-15(16)12-17)28-14-21(26)24-18-6-8-19(9-7-18)25-11-1-2-22(25)27/h3-10,12-13H,1-2,11,14H2,(H,24,26). The number of nitrogens with one attached hydrogen (secondary N) is 1. The number of ether oxygens (including phenoxy) is 1. The van der Waals surface area contributed by atoms with Crippen LogP contribution >= 0.6 is 15.9 Å². The molecule has 5 nitrogen and oxygen atoms in total. The number of nitrogens with zero attached hydrogens (tertiary/aromatic N) is 1. The van der Waals surface area contributed by atoms with Crippen LogP contribution in [0.4, 0.5) is 11.4 Å². The van der Waals surface area contributed by atoms with E-state index in [2.05, 4.69) is 21.2 Å². The topological polar surface area (TPSA) is 58.6 Å². The molecule has 28 heavy (non-hydrogen) atoms. The minimum Gasteiger partial charge on any atom is -0.484 e. The Morgan fingerprint density at radius 3 is 2.54 bits per heavy atom. The lowest BCUT2D eigenvalue weighted by Gasteiger charge is -2.16. The summed E-state index contributed by atoms with van der Waals surface area (Å²) in [5.41, 5.74) is 1.53. The number of benzene rings is 3. The zero-order valence-electron chi connectivity index (χ0n) is 15.2. The molecule has 3 aromatic carbocycles. The van der Waals surface area contributed by atoms with Gasteiger partial charge < -0.3 is 15.0 Å². The number of rotatable bonds is 5. The second-order valence-electron chi connectivity index (χ2n) is 6.69. The third kappa shape index (κ3) is 4.17. The lowest BCUT2D eigenvalue weighted by Crippen LogP contribution is -2.23. The number of amides is 2. The molecule has 1 N–H and O–H groups in total. The van der Waals surface area contributed by atoms with Crippen LogP contribution in [-0.2, 0) is 9.59 Å². The molecule has 0 aliphatic carbocycles. The molecule has 0 atom stereocenters. The molecule has 6 heteroatoms. The van der Waals surface area contributed by atoms with E-state index >= 15 is 0 Å². The Kier molecular flexibility index (Phi) is 5.30. The van der Waals surface area contributed by atoms with E-state index in [-0.39, 0.29) is 18.4 Å². The minimum atomic E-state index is -0.235. The van der Waals surface area contributed by atoms with E-state index in [4.69, 9.17) is 4.74 Å². The molecule has 3 aromatic rings. The van der Waals surface area contributed by atoms with Gasteiger partial charge in [0.1, 0.15) is 5.75 Å². The summed E-state index contributed by atoms with van der Waals surface area (Å²) in [6, 6.07) is 19.0. The van der Waals surface area contributed by atoms with E-state index in [0.717, 1.165) is 33.9 Å². The smallest absolute Gasteiger partial charge is 0.262 e. The van der Waals surface area contributed by atoms with E-state index < -0.39 is 0 Å². The van der Waals surface area contributed by atoms with Gasteiger partial charge in [0.2, 0.25) is 5.91 Å². The predicted molar refractivity (Wildman–Crippen MR) is 114 cm³/mol. The SMILES string of the molecule is O=C(COc1ccc2cc(Br)ccc2c1)Nc1ccc(N2CCCC2=O)cc1. The maximum Gasteiger partial charge on any atom is 0.262 e. The van der Waals surface area contributed by atoms with Gasteiger partial charge in [0.25, 0.3) is 5.91 Å². The van der Waals surface area contributed by atoms with Crippen molar-refractivity contribution in [1.82, 2.24) is 0 Å². The Morgan fingerprint density at radius 2 is 1.79 bits per heavy atom. The molecule has 2 amide bonds. The van der Waals surface area contributed by atoms with Crippen molar-refractivity contribution in [1.29, 1.82) is 0 Å². The summed E-state index contributed by atoms with van der Waals surface area (Å²) in [5, 5.41) is 4.96. The Morgan fingerprint density at radius 1 is 1.04 bits per heavy atom. The zero-order chi connectivity index (χ0) is 19.5. The normalized spacial score (nSPS) is 13.8. The van der Waals surface area contributed by atoms with Gasteiger partial charge in [-0.05, 0) is 65.7 Å². The molecule has 4 rings (SSSR count). The number of fused-ring (bicyclic) bond motifs is 1. The van der Waals surface area contributed by atoms with Gasteiger partial charge in [-0.3, -0.25) is 9.59 Å². The quantitative estimate of drug-likeness (QED) is 0.625. The fraction of sp³-hybridized carbons (Fsp3) is 0.182. The molecule has 1 aliphatic rings. The molecule has 1 aliphatic heterocycles. The Balaban J connectivity index is 1.34. The lowest BCUT2D eigenvalue weighted by molar-refractivity contribution is -0.118. The van der Waals surface area contributed by atoms with E-state index in [1.54, 1.807) is 17.0 Å². The first-order valence-electron chi connectivity index (χ1n) is 9.11. The van der Waals surface area contributed by atoms with E-state index in [0.29, 0.717) is 17.9 Å². The number of hydrogen-bond acceptors (Lipinski definition) is 3. The summed E-state index contributed by atoms with van der Waals surface area (Å²) < 4.78 is 6.64. The number of carbonyl (C=O) groups is 2. The van der Waals surface area contributed by atoms with Gasteiger partial charge in [0.15, 0.2) is 6.61 Å². The summed E-state index contributed by atoms with van der Waals surface area (Å²) in [7, 11) is 0. The molecule has 1 heterocycles. The van der Waals surface area contributed by atoms with Crippen LogP contribution in [0.3, 0.4) is 0 Å². The second-order valence-corrected chi connectivity index (χ2v) is 7.60. The van der Waals surface area contributed by atoms with Crippen molar-refractivity contribution in [3.63, 3.8) is 0 Å². The van der Waals surface area contributed by atoms with E-state index in [1.807, 2.05) is 48.5 Å². The third-order valence-corrected chi connectivity index (χ3v) is 5.17. The van der Waals surface area contributed by atoms with Crippen molar-refractivity contribution in [2.75, 3.05) is 23.4 Å². The van der Waals surface area contributed by atoms with Gasteiger partial charge in [-0.1, -0.05) is 28.1 Å². The fourth-order valence-electron chi connectivity index (χ4n) is 3.28. The van der Waals surface area contributed by atoms with Crippen LogP contribution in [0.25, 0.3) is 10.8 Å². The van der Waals surface area contributed by atoms with Crippen molar-refractivity contribution in [2.24, 2.45) is 0 Å². The second kappa shape index (κ2) is 8.02. The third-order valence-electron chi connectivity index (χ3n) is 4.68. The minimum absolute atomic E-state index is 0.0750. The van der Waals surface area contributed by atoms with Crippen molar-refractivity contribution < 1.29 is 14.3 Å². The van der Waals surface area contributed by atoms with Gasteiger partial charge in [-0.15, -0.1) is 0 Å². The highest BCUT2D eigenvalue weighted by Crippen LogP contribution is 2.25. The van der Waals surface area contributed by atoms with Crippen LogP contribution < -0.4 is 15.0 Å². The molecular weight excluding hydrogens is 420 g/mol. The van der Waals surface area contributed by atoms with Crippen LogP contribution in [0.2, 0.25) is 0 Å². The average molecular weight is 439 g/mol. The first-order valence-corrected chi connectivity index (χ1v) is 9.90. The lowest BCUT2D eigenvalue weighted by atomic mass is 10.1. The van der Waals surface area contributed by atoms with Crippen LogP contribution in [-0.4, -0.2) is 25.0 Å². The highest BCUT2D eigenvalue weighted by atomic mass is 79.9. The van der Waals surface area contributed by atoms with Crippen LogP contribution in [0, 0.1) is 0 Å². The molecule has 142 valence electrons. The maximum atomic E-state index is 12.2. The van der Waals surface area contributed by atoms with Crippen molar-refractivity contribution in [3.05, 3.63) is 65.1 Å². The summed E-state index contributed by atoms with van der Waals surface area (Å²) in [4.78, 5) is 25.7. The van der Waals surface area contributed by atoms with Gasteiger partial charge in [-0.2, -0.15) is 0 Å². The molecule has 1 saturated heterocycles. The highest BCUT2D eigenvalue weighted by molar-refractivity contribution is 9.10. The summed E-state index contributed by atoms with van der Waals surface area (Å²) >= 11 is 3.46. The molecule has 0 spiro atoms. The fourth-order valence-corrected chi connectivity index (χ4v) is 3.66. The van der Waals surface area contributed by atoms with Gasteiger partial charge >= 0.3 is 0 Å². The predicted octanol–water partition coefficient (Wildman–Crippen LogP) is 4.75. The number of anilines is 2. The van der Waals surface area contributed by atoms with Crippen molar-refractivity contribution in [2.45, 2.75) is 12.8 Å². The van der Waals surface area contributed by atoms with Gasteiger partial charge in [-0.25, -0.2) is 0 Å². The summed E-state index contributed by atoms with van der Waals surface area (Å²) in [5.74, 6) is 0.557. The number of carbonyl (C=O) groups excluding carboxylic acids is 2. The molecule has 0 aromatic heterocycles. The van der Waals surface area contributed by atoms with Gasteiger partial charge in [0.05, 0.1) is 0 Å². The van der Waals surface area contributed by atoms with E-state index in [9.17, 15) is 9.59 Å². The molecule has 1 fully saturated rings. The largest absolute Gasteiger partial charge is 0.484 e. The zero-order valence-corrected chi connectivity index (χ0v) is 16.7. The van der Waals surface area contributed by atoms with Crippen molar-refractivity contribution >= 4 is 49.9 Å². The van der Waals surface area contributed by atoms with E-state index in [1.165, 1.54) is 0 Å². The number of hydrogen-bond donors (Lipinski definition) is 1. The number of halogens is 1. The van der Waals surface area contributed by atoms with Crippen LogP contribution in [0.15, 0.2) is 65.1 Å². The van der Waals surface area contributed by atoms with Crippen LogP contribution in [0.1, 0.15) is 12.8 Å². The molecule has 0 radical (unpaired) electrons. The molecule has 0 unspecified atom stereocenters. The Labute approximate surface area is 171 Å². The molecular formula is C22H19BrN2O3. The molecule has 0 saturated carbocycles. The first-order chi connectivity index (χ1) is 13.6. The van der Waals surface area contributed by atoms with Gasteiger partial charge in [0, 0.05) is 28.8 Å². The Hall–Kier alpha value is -2.86. The molecule has 0 bridgehead atoms. The van der Waals surface area contributed by atoms with Crippen molar-refractivity contribution in [3.8, 4) is 5.75 Å². The first kappa shape index (κ1) is 18.5. The summed E-state index contributed by atoms with van der Waals surface area (Å²) in [6.07, 6.45) is 1.49.